The molecule has 0 amide bonds. The first-order valence-corrected chi connectivity index (χ1v) is 9.43. The third kappa shape index (κ3) is 3.49. The molecule has 2 aromatic heterocycles. The van der Waals surface area contributed by atoms with Crippen LogP contribution in [0.15, 0.2) is 30.3 Å². The van der Waals surface area contributed by atoms with Gasteiger partial charge in [0.2, 0.25) is 5.78 Å². The average molecular weight is 462 g/mol. The van der Waals surface area contributed by atoms with Gasteiger partial charge in [-0.15, -0.1) is 0 Å². The maximum atomic E-state index is 13.1. The van der Waals surface area contributed by atoms with E-state index < -0.39 is 11.8 Å². The highest BCUT2D eigenvalue weighted by Crippen LogP contribution is 2.39. The fourth-order valence-electron chi connectivity index (χ4n) is 2.64. The lowest BCUT2D eigenvalue weighted by molar-refractivity contribution is 0.0520. The minimum Gasteiger partial charge on any atom is -0.507 e. The molecule has 0 saturated heterocycles. The lowest BCUT2D eigenvalue weighted by atomic mass is 10.1. The van der Waals surface area contributed by atoms with Crippen LogP contribution in [-0.4, -0.2) is 33.0 Å². The van der Waals surface area contributed by atoms with Crippen LogP contribution in [0.1, 0.15) is 33.5 Å². The number of nitrogens with zero attached hydrogens (tertiary/aromatic N) is 1. The van der Waals surface area contributed by atoms with Crippen molar-refractivity contribution in [1.82, 2.24) is 9.55 Å². The second-order valence-corrected chi connectivity index (χ2v) is 7.07. The number of halogens is 4. The maximum Gasteiger partial charge on any atom is 0.357 e. The summed E-state index contributed by atoms with van der Waals surface area (Å²) in [4.78, 5) is 28.0. The van der Waals surface area contributed by atoms with Crippen molar-refractivity contribution in [1.29, 1.82) is 0 Å². The van der Waals surface area contributed by atoms with E-state index >= 15 is 0 Å². The number of aromatic hydroxyl groups is 1. The van der Waals surface area contributed by atoms with Gasteiger partial charge in [0.1, 0.15) is 26.8 Å². The standard InChI is InChI=1S/C18H12Cl4N2O4/c1-2-28-18(27)13-14(12(20)16(21)23-13)24-10(7-9(19)17(24)22)15(26)8-5-3-4-6-11(8)25/h3-7,23,25H,2H2,1H3. The summed E-state index contributed by atoms with van der Waals surface area (Å²) in [5.74, 6) is -1.56. The Hall–Kier alpha value is -2.12. The Balaban J connectivity index is 2.27. The van der Waals surface area contributed by atoms with E-state index in [-0.39, 0.29) is 55.3 Å². The van der Waals surface area contributed by atoms with Crippen molar-refractivity contribution >= 4 is 58.2 Å². The van der Waals surface area contributed by atoms with Gasteiger partial charge in [-0.1, -0.05) is 58.5 Å². The quantitative estimate of drug-likeness (QED) is 0.386. The molecule has 0 fully saturated rings. The molecule has 10 heteroatoms. The number of aromatic nitrogens is 2. The van der Waals surface area contributed by atoms with E-state index in [1.54, 1.807) is 19.1 Å². The zero-order valence-corrected chi connectivity index (χ0v) is 17.2. The molecule has 6 nitrogen and oxygen atoms in total. The maximum absolute atomic E-state index is 13.1. The largest absolute Gasteiger partial charge is 0.507 e. The molecular formula is C18H12Cl4N2O4. The molecule has 3 aromatic rings. The van der Waals surface area contributed by atoms with Crippen molar-refractivity contribution < 1.29 is 19.4 Å². The number of ether oxygens (including phenoxy) is 1. The number of rotatable bonds is 5. The van der Waals surface area contributed by atoms with Gasteiger partial charge in [-0.25, -0.2) is 4.79 Å². The Morgan fingerprint density at radius 2 is 1.86 bits per heavy atom. The molecule has 0 bridgehead atoms. The Morgan fingerprint density at radius 1 is 1.18 bits per heavy atom. The number of hydrogen-bond donors (Lipinski definition) is 2. The number of nitrogens with one attached hydrogen (secondary N) is 1. The molecule has 0 spiro atoms. The fraction of sp³-hybridized carbons (Fsp3) is 0.111. The molecule has 28 heavy (non-hydrogen) atoms. The number of benzene rings is 1. The molecule has 0 saturated carbocycles. The highest BCUT2D eigenvalue weighted by molar-refractivity contribution is 6.44. The number of hydrogen-bond acceptors (Lipinski definition) is 4. The van der Waals surface area contributed by atoms with Crippen LogP contribution >= 0.6 is 46.4 Å². The summed E-state index contributed by atoms with van der Waals surface area (Å²) in [6, 6.07) is 7.29. The van der Waals surface area contributed by atoms with Gasteiger partial charge in [0.25, 0.3) is 0 Å². The highest BCUT2D eigenvalue weighted by Gasteiger charge is 2.30. The highest BCUT2D eigenvalue weighted by atomic mass is 35.5. The van der Waals surface area contributed by atoms with E-state index in [1.807, 2.05) is 0 Å². The first kappa shape index (κ1) is 20.6. The molecule has 146 valence electrons. The van der Waals surface area contributed by atoms with Crippen LogP contribution in [-0.2, 0) is 4.74 Å². The van der Waals surface area contributed by atoms with E-state index in [2.05, 4.69) is 4.98 Å². The van der Waals surface area contributed by atoms with E-state index in [1.165, 1.54) is 22.8 Å². The van der Waals surface area contributed by atoms with E-state index in [4.69, 9.17) is 51.1 Å². The number of carbonyl (C=O) groups is 2. The number of esters is 1. The predicted octanol–water partition coefficient (Wildman–Crippen LogP) is 5.53. The van der Waals surface area contributed by atoms with Gasteiger partial charge in [0.15, 0.2) is 5.69 Å². The summed E-state index contributed by atoms with van der Waals surface area (Å²) < 4.78 is 6.20. The van der Waals surface area contributed by atoms with Gasteiger partial charge >= 0.3 is 5.97 Å². The predicted molar refractivity (Wildman–Crippen MR) is 108 cm³/mol. The summed E-state index contributed by atoms with van der Waals surface area (Å²) in [6.07, 6.45) is 0. The molecule has 0 aliphatic heterocycles. The fourth-order valence-corrected chi connectivity index (χ4v) is 3.47. The topological polar surface area (TPSA) is 84.3 Å². The van der Waals surface area contributed by atoms with Crippen molar-refractivity contribution in [3.63, 3.8) is 0 Å². The summed E-state index contributed by atoms with van der Waals surface area (Å²) in [6.45, 7) is 1.74. The van der Waals surface area contributed by atoms with Gasteiger partial charge in [-0.05, 0) is 25.1 Å². The smallest absolute Gasteiger partial charge is 0.357 e. The zero-order valence-electron chi connectivity index (χ0n) is 14.2. The molecule has 1 aromatic carbocycles. The van der Waals surface area contributed by atoms with Gasteiger partial charge in [-0.2, -0.15) is 0 Å². The summed E-state index contributed by atoms with van der Waals surface area (Å²) in [5, 5.41) is 9.92. The van der Waals surface area contributed by atoms with Crippen LogP contribution in [0.3, 0.4) is 0 Å². The molecule has 2 heterocycles. The summed E-state index contributed by atoms with van der Waals surface area (Å²) in [5.41, 5.74) is -0.0947. The molecule has 0 aliphatic carbocycles. The van der Waals surface area contributed by atoms with Crippen LogP contribution in [0.4, 0.5) is 0 Å². The van der Waals surface area contributed by atoms with E-state index in [0.717, 1.165) is 0 Å². The van der Waals surface area contributed by atoms with Crippen molar-refractivity contribution in [3.05, 3.63) is 67.6 Å². The minimum absolute atomic E-state index is 0.0146. The number of ketones is 1. The van der Waals surface area contributed by atoms with Gasteiger partial charge in [-0.3, -0.25) is 9.36 Å². The molecule has 3 rings (SSSR count). The Kier molecular flexibility index (Phi) is 5.95. The van der Waals surface area contributed by atoms with Crippen molar-refractivity contribution in [3.8, 4) is 11.4 Å². The van der Waals surface area contributed by atoms with Crippen LogP contribution in [0.25, 0.3) is 5.69 Å². The molecule has 0 aliphatic rings. The van der Waals surface area contributed by atoms with Gasteiger partial charge in [0, 0.05) is 0 Å². The second-order valence-electron chi connectivity index (χ2n) is 5.55. The number of phenolic OH excluding ortho intramolecular Hbond substituents is 1. The lowest BCUT2D eigenvalue weighted by Gasteiger charge is -2.12. The van der Waals surface area contributed by atoms with Crippen molar-refractivity contribution in [2.45, 2.75) is 6.92 Å². The van der Waals surface area contributed by atoms with E-state index in [9.17, 15) is 14.7 Å². The number of para-hydroxylation sites is 1. The first-order chi connectivity index (χ1) is 13.3. The Morgan fingerprint density at radius 3 is 2.50 bits per heavy atom. The normalized spacial score (nSPS) is 10.9. The van der Waals surface area contributed by atoms with E-state index in [0.29, 0.717) is 0 Å². The zero-order chi connectivity index (χ0) is 20.6. The Bertz CT molecular complexity index is 1090. The lowest BCUT2D eigenvalue weighted by Crippen LogP contribution is -2.14. The first-order valence-electron chi connectivity index (χ1n) is 7.91. The van der Waals surface area contributed by atoms with Crippen molar-refractivity contribution in [2.75, 3.05) is 6.61 Å². The molecular weight excluding hydrogens is 450 g/mol. The average Bonchev–Trinajstić information content (AvgIpc) is 3.11. The molecule has 0 atom stereocenters. The van der Waals surface area contributed by atoms with Crippen LogP contribution in [0, 0.1) is 0 Å². The summed E-state index contributed by atoms with van der Waals surface area (Å²) in [7, 11) is 0. The number of aromatic amines is 1. The molecule has 0 radical (unpaired) electrons. The second kappa shape index (κ2) is 8.09. The van der Waals surface area contributed by atoms with Crippen LogP contribution < -0.4 is 0 Å². The molecule has 0 unspecified atom stereocenters. The number of carbonyl (C=O) groups excluding carboxylic acids is 2. The Labute approximate surface area is 179 Å². The number of phenols is 1. The third-order valence-electron chi connectivity index (χ3n) is 3.85. The molecule has 2 N–H and O–H groups in total. The number of H-pyrrole nitrogens is 1. The third-order valence-corrected chi connectivity index (χ3v) is 5.36. The summed E-state index contributed by atoms with van der Waals surface area (Å²) >= 11 is 24.8. The minimum atomic E-state index is -0.742. The monoisotopic (exact) mass is 460 g/mol. The van der Waals surface area contributed by atoms with Crippen LogP contribution in [0.2, 0.25) is 20.4 Å². The van der Waals surface area contributed by atoms with Gasteiger partial charge < -0.3 is 14.8 Å². The van der Waals surface area contributed by atoms with Crippen LogP contribution in [0.5, 0.6) is 5.75 Å². The van der Waals surface area contributed by atoms with Crippen molar-refractivity contribution in [2.24, 2.45) is 0 Å². The SMILES string of the molecule is CCOC(=O)c1[nH]c(Cl)c(Cl)c1-n1c(C(=O)c2ccccc2O)cc(Cl)c1Cl. The van der Waals surface area contributed by atoms with Gasteiger partial charge in [0.05, 0.1) is 22.9 Å².